The minimum atomic E-state index is -0.775. The molecule has 7 nitrogen and oxygen atoms in total. The third-order valence-corrected chi connectivity index (χ3v) is 7.42. The Morgan fingerprint density at radius 2 is 1.97 bits per heavy atom. The summed E-state index contributed by atoms with van der Waals surface area (Å²) in [6.07, 6.45) is 13.2. The van der Waals surface area contributed by atoms with Gasteiger partial charge in [-0.05, 0) is 56.3 Å². The van der Waals surface area contributed by atoms with E-state index in [2.05, 4.69) is 47.4 Å². The van der Waals surface area contributed by atoms with Crippen LogP contribution in [-0.2, 0) is 16.0 Å². The van der Waals surface area contributed by atoms with Crippen LogP contribution in [0.25, 0.3) is 10.9 Å². The summed E-state index contributed by atoms with van der Waals surface area (Å²) < 4.78 is 0.225. The van der Waals surface area contributed by atoms with E-state index in [9.17, 15) is 14.8 Å². The number of para-hydroxylation sites is 1. The Kier molecular flexibility index (Phi) is 11.0. The minimum Gasteiger partial charge on any atom is -0.361 e. The van der Waals surface area contributed by atoms with E-state index in [1.165, 1.54) is 19.3 Å². The van der Waals surface area contributed by atoms with Crippen LogP contribution in [-0.4, -0.2) is 76.0 Å². The van der Waals surface area contributed by atoms with Gasteiger partial charge in [-0.3, -0.25) is 10.0 Å². The average molecular weight is 518 g/mol. The molecule has 2 heterocycles. The number of carbonyl (C=O) groups excluding carboxylic acids is 2. The highest BCUT2D eigenvalue weighted by atomic mass is 16.5. The van der Waals surface area contributed by atoms with Gasteiger partial charge < -0.3 is 14.8 Å². The van der Waals surface area contributed by atoms with Crippen molar-refractivity contribution in [3.63, 3.8) is 0 Å². The Labute approximate surface area is 226 Å². The van der Waals surface area contributed by atoms with E-state index in [0.29, 0.717) is 32.4 Å². The smallest absolute Gasteiger partial charge is 0.361 e. The van der Waals surface area contributed by atoms with Crippen LogP contribution in [0.15, 0.2) is 30.5 Å². The number of hydrogen-bond donors (Lipinski definition) is 2. The van der Waals surface area contributed by atoms with E-state index >= 15 is 0 Å². The van der Waals surface area contributed by atoms with Gasteiger partial charge in [-0.15, -0.1) is 12.3 Å². The molecule has 1 aliphatic heterocycles. The van der Waals surface area contributed by atoms with Crippen molar-refractivity contribution in [2.24, 2.45) is 17.8 Å². The number of nitrogens with zero attached hydrogens (tertiary/aromatic N) is 3. The Hall–Kier alpha value is -3.55. The monoisotopic (exact) mass is 517 g/mol. The van der Waals surface area contributed by atoms with Gasteiger partial charge >= 0.3 is 5.91 Å². The molecular weight excluding hydrogens is 476 g/mol. The van der Waals surface area contributed by atoms with Gasteiger partial charge in [-0.25, -0.2) is 4.79 Å². The lowest BCUT2D eigenvalue weighted by Gasteiger charge is -2.32. The van der Waals surface area contributed by atoms with Gasteiger partial charge in [0.2, 0.25) is 5.91 Å². The first-order valence-corrected chi connectivity index (χ1v) is 13.6. The number of rotatable bonds is 11. The molecule has 0 aliphatic carbocycles. The van der Waals surface area contributed by atoms with E-state index in [0.717, 1.165) is 36.1 Å². The lowest BCUT2D eigenvalue weighted by atomic mass is 9.86. The van der Waals surface area contributed by atoms with Gasteiger partial charge in [-0.1, -0.05) is 44.4 Å². The molecular formula is C31H41N4O3+. The largest absolute Gasteiger partial charge is 0.512 e. The molecule has 3 rings (SSSR count). The Morgan fingerprint density at radius 3 is 2.68 bits per heavy atom. The average Bonchev–Trinajstić information content (AvgIpc) is 3.34. The summed E-state index contributed by atoms with van der Waals surface area (Å²) in [5, 5.41) is 10.4. The van der Waals surface area contributed by atoms with Crippen molar-refractivity contribution in [1.29, 1.82) is 0 Å². The van der Waals surface area contributed by atoms with Crippen molar-refractivity contribution in [3.05, 3.63) is 36.0 Å². The number of benzene rings is 1. The molecule has 2 amide bonds. The zero-order chi connectivity index (χ0) is 27.5. The first-order valence-electron chi connectivity index (χ1n) is 13.6. The lowest BCUT2D eigenvalue weighted by molar-refractivity contribution is -0.695. The third-order valence-electron chi connectivity index (χ3n) is 7.42. The maximum Gasteiger partial charge on any atom is 0.512 e. The molecule has 0 spiro atoms. The predicted molar refractivity (Wildman–Crippen MR) is 151 cm³/mol. The highest BCUT2D eigenvalue weighted by Crippen LogP contribution is 2.22. The van der Waals surface area contributed by atoms with Crippen molar-refractivity contribution in [2.45, 2.75) is 52.4 Å². The zero-order valence-electron chi connectivity index (χ0n) is 22.8. The minimum absolute atomic E-state index is 0.128. The fraction of sp³-hybridized carbons (Fsp3) is 0.516. The summed E-state index contributed by atoms with van der Waals surface area (Å²) in [6, 6.07) is 8.16. The molecule has 202 valence electrons. The fourth-order valence-electron chi connectivity index (χ4n) is 5.11. The molecule has 0 radical (unpaired) electrons. The molecule has 1 aromatic carbocycles. The maximum atomic E-state index is 13.5. The number of carbonyl (C=O) groups is 2. The molecule has 0 bridgehead atoms. The molecule has 1 aromatic heterocycles. The zero-order valence-corrected chi connectivity index (χ0v) is 22.8. The van der Waals surface area contributed by atoms with E-state index in [1.54, 1.807) is 0 Å². The van der Waals surface area contributed by atoms with Crippen molar-refractivity contribution < 1.29 is 19.5 Å². The van der Waals surface area contributed by atoms with Crippen LogP contribution >= 0.6 is 0 Å². The van der Waals surface area contributed by atoms with Gasteiger partial charge in [-0.2, -0.15) is 0 Å². The normalized spacial score (nSPS) is 16.0. The summed E-state index contributed by atoms with van der Waals surface area (Å²) in [5.74, 6) is 7.19. The number of nitrogens with one attached hydrogen (secondary N) is 1. The van der Waals surface area contributed by atoms with Crippen LogP contribution in [0.5, 0.6) is 0 Å². The molecule has 3 unspecified atom stereocenters. The number of terminal acetylenes is 1. The highest BCUT2D eigenvalue weighted by Gasteiger charge is 2.23. The van der Waals surface area contributed by atoms with Crippen LogP contribution in [0.4, 0.5) is 0 Å². The third kappa shape index (κ3) is 8.50. The Balaban J connectivity index is 1.67. The van der Waals surface area contributed by atoms with E-state index in [-0.39, 0.29) is 28.4 Å². The molecule has 38 heavy (non-hydrogen) atoms. The molecule has 1 saturated heterocycles. The number of hydroxylamine groups is 1. The number of aromatic nitrogens is 1. The summed E-state index contributed by atoms with van der Waals surface area (Å²) in [4.78, 5) is 33.0. The number of fused-ring (bicyclic) bond motifs is 1. The molecule has 1 aliphatic rings. The number of amides is 2. The van der Waals surface area contributed by atoms with E-state index in [1.807, 2.05) is 36.2 Å². The highest BCUT2D eigenvalue weighted by molar-refractivity contribution is 5.87. The van der Waals surface area contributed by atoms with Crippen molar-refractivity contribution in [3.8, 4) is 24.2 Å². The van der Waals surface area contributed by atoms with Crippen LogP contribution in [0.2, 0.25) is 0 Å². The van der Waals surface area contributed by atoms with Crippen LogP contribution < -0.4 is 0 Å². The second kappa shape index (κ2) is 14.4. The second-order valence-electron chi connectivity index (χ2n) is 10.5. The number of aryl methyl sites for hydroxylation is 1. The van der Waals surface area contributed by atoms with Gasteiger partial charge in [0.25, 0.3) is 0 Å². The quantitative estimate of drug-likeness (QED) is 0.118. The van der Waals surface area contributed by atoms with Gasteiger partial charge in [0, 0.05) is 59.7 Å². The Morgan fingerprint density at radius 1 is 1.24 bits per heavy atom. The number of likely N-dealkylation sites (tertiary alicyclic amines) is 1. The van der Waals surface area contributed by atoms with Crippen LogP contribution in [0, 0.1) is 41.9 Å². The number of H-pyrrole nitrogens is 1. The summed E-state index contributed by atoms with van der Waals surface area (Å²) in [6.45, 7) is 11.5. The standard InChI is InChI=1S/C31H41N4O3/c1-5-25(3)26(13-15-30(36)33(4)38)21-24(2)23-35(20-19-34-17-9-6-10-18-34)31(37)16-14-27-22-32-29-12-8-7-11-28(27)29/h1,7-8,11-12,22,24-26,32,38H,4,6,9-10,14,16-21,23H2,2-3H3/q+1. The van der Waals surface area contributed by atoms with E-state index < -0.39 is 5.91 Å². The molecule has 2 aromatic rings. The van der Waals surface area contributed by atoms with Crippen molar-refractivity contribution in [2.75, 3.05) is 32.7 Å². The maximum absolute atomic E-state index is 13.5. The first kappa shape index (κ1) is 29.0. The second-order valence-corrected chi connectivity index (χ2v) is 10.5. The number of aromatic amines is 1. The SMILES string of the molecule is C#CC(C)C(C#CC(=O)[N+](=C)O)CC(C)CN(CCN1CCCCC1)C(=O)CCc1c[nH]c2ccccc12. The van der Waals surface area contributed by atoms with Gasteiger partial charge in [0.05, 0.1) is 5.92 Å². The van der Waals surface area contributed by atoms with Crippen LogP contribution in [0.3, 0.4) is 0 Å². The fourth-order valence-corrected chi connectivity index (χ4v) is 5.11. The molecule has 0 saturated carbocycles. The van der Waals surface area contributed by atoms with E-state index in [4.69, 9.17) is 6.42 Å². The first-order chi connectivity index (χ1) is 18.3. The summed E-state index contributed by atoms with van der Waals surface area (Å²) in [5.41, 5.74) is 2.24. The number of piperidine rings is 1. The van der Waals surface area contributed by atoms with Crippen molar-refractivity contribution >= 4 is 29.4 Å². The van der Waals surface area contributed by atoms with Gasteiger partial charge in [0.1, 0.15) is 0 Å². The van der Waals surface area contributed by atoms with Crippen molar-refractivity contribution in [1.82, 2.24) is 14.8 Å². The topological polar surface area (TPSA) is 79.7 Å². The summed E-state index contributed by atoms with van der Waals surface area (Å²) >= 11 is 0. The molecule has 1 fully saturated rings. The Bertz CT molecular complexity index is 1210. The molecule has 7 heteroatoms. The molecule has 2 N–H and O–H groups in total. The predicted octanol–water partition coefficient (Wildman–Crippen LogP) is 3.96. The summed E-state index contributed by atoms with van der Waals surface area (Å²) in [7, 11) is 0. The van der Waals surface area contributed by atoms with Crippen LogP contribution in [0.1, 0.15) is 51.5 Å². The van der Waals surface area contributed by atoms with Gasteiger partial charge in [0.15, 0.2) is 6.72 Å². The number of hydrogen-bond acceptors (Lipinski definition) is 4. The lowest BCUT2D eigenvalue weighted by Crippen LogP contribution is -2.42. The molecule has 3 atom stereocenters.